The van der Waals surface area contributed by atoms with E-state index in [1.165, 1.54) is 22.3 Å². The summed E-state index contributed by atoms with van der Waals surface area (Å²) in [6.07, 6.45) is 3.68. The molecule has 0 spiro atoms. The first-order valence-corrected chi connectivity index (χ1v) is 11.8. The summed E-state index contributed by atoms with van der Waals surface area (Å²) in [5.74, 6) is 0. The maximum atomic E-state index is 4.85. The lowest BCUT2D eigenvalue weighted by Gasteiger charge is -2.31. The van der Waals surface area contributed by atoms with E-state index in [0.717, 1.165) is 11.4 Å². The van der Waals surface area contributed by atoms with Crippen LogP contribution in [-0.4, -0.2) is 12.4 Å². The monoisotopic (exact) mass is 432 g/mol. The van der Waals surface area contributed by atoms with Crippen LogP contribution in [0, 0.1) is 0 Å². The third-order valence-corrected chi connectivity index (χ3v) is 5.69. The summed E-state index contributed by atoms with van der Waals surface area (Å²) in [5, 5.41) is 0. The summed E-state index contributed by atoms with van der Waals surface area (Å²) >= 11 is 0. The molecule has 0 radical (unpaired) electrons. The summed E-state index contributed by atoms with van der Waals surface area (Å²) in [5.41, 5.74) is 7.52. The van der Waals surface area contributed by atoms with Crippen LogP contribution < -0.4 is 0 Å². The van der Waals surface area contributed by atoms with Gasteiger partial charge in [-0.1, -0.05) is 107 Å². The molecule has 2 nitrogen and oxygen atoms in total. The predicted octanol–water partition coefficient (Wildman–Crippen LogP) is 8.98. The van der Waals surface area contributed by atoms with Crippen molar-refractivity contribution in [3.05, 3.63) is 58.7 Å². The molecular weight excluding hydrogens is 388 g/mol. The van der Waals surface area contributed by atoms with E-state index >= 15 is 0 Å². The molecule has 174 valence electrons. The Bertz CT molecular complexity index is 912. The summed E-state index contributed by atoms with van der Waals surface area (Å²) in [6, 6.07) is 12.9. The fourth-order valence-electron chi connectivity index (χ4n) is 4.35. The maximum absolute atomic E-state index is 4.85. The average molecular weight is 433 g/mol. The van der Waals surface area contributed by atoms with E-state index in [9.17, 15) is 0 Å². The third kappa shape index (κ3) is 6.18. The van der Waals surface area contributed by atoms with Gasteiger partial charge in [0.15, 0.2) is 0 Å². The lowest BCUT2D eigenvalue weighted by Crippen LogP contribution is -2.22. The second-order valence-corrected chi connectivity index (χ2v) is 13.0. The summed E-state index contributed by atoms with van der Waals surface area (Å²) in [7, 11) is 0. The van der Waals surface area contributed by atoms with Gasteiger partial charge in [0.25, 0.3) is 0 Å². The van der Waals surface area contributed by atoms with E-state index in [1.54, 1.807) is 0 Å². The molecule has 0 atom stereocenters. The van der Waals surface area contributed by atoms with Crippen LogP contribution in [0.25, 0.3) is 0 Å². The lowest BCUT2D eigenvalue weighted by atomic mass is 9.74. The highest BCUT2D eigenvalue weighted by atomic mass is 14.8. The van der Waals surface area contributed by atoms with Crippen LogP contribution in [0.4, 0.5) is 11.4 Å². The predicted molar refractivity (Wildman–Crippen MR) is 144 cm³/mol. The Morgan fingerprint density at radius 2 is 0.781 bits per heavy atom. The molecule has 0 aliphatic carbocycles. The van der Waals surface area contributed by atoms with Gasteiger partial charge < -0.3 is 0 Å². The largest absolute Gasteiger partial charge is 0.255 e. The number of aliphatic imine (C=N–C) groups is 2. The minimum absolute atomic E-state index is 0.00807. The standard InChI is InChI=1S/C30H44N2/c1-27(2,3)21-15-13-17-23(25(21)29(7,8)9)31-19-20-32-24-18-14-16-22(28(4,5)6)26(24)30(10,11)12/h13-20H,1-12H3. The molecular formula is C30H44N2. The molecule has 0 fully saturated rings. The van der Waals surface area contributed by atoms with Crippen LogP contribution >= 0.6 is 0 Å². The minimum Gasteiger partial charge on any atom is -0.255 e. The van der Waals surface area contributed by atoms with Gasteiger partial charge in [-0.2, -0.15) is 0 Å². The Labute approximate surface area is 197 Å². The molecule has 0 bridgehead atoms. The van der Waals surface area contributed by atoms with Crippen molar-refractivity contribution in [3.63, 3.8) is 0 Å². The van der Waals surface area contributed by atoms with Crippen molar-refractivity contribution in [2.24, 2.45) is 9.98 Å². The van der Waals surface area contributed by atoms with Gasteiger partial charge in [-0.15, -0.1) is 0 Å². The zero-order chi connectivity index (χ0) is 24.5. The Morgan fingerprint density at radius 3 is 1.03 bits per heavy atom. The molecule has 0 N–H and O–H groups in total. The molecule has 0 heterocycles. The molecule has 32 heavy (non-hydrogen) atoms. The van der Waals surface area contributed by atoms with Gasteiger partial charge in [-0.25, -0.2) is 0 Å². The van der Waals surface area contributed by atoms with Crippen molar-refractivity contribution in [1.29, 1.82) is 0 Å². The Kier molecular flexibility index (Phi) is 7.29. The van der Waals surface area contributed by atoms with Gasteiger partial charge in [-0.05, 0) is 56.0 Å². The fourth-order valence-corrected chi connectivity index (χ4v) is 4.35. The molecule has 2 aromatic rings. The number of nitrogens with zero attached hydrogens (tertiary/aromatic N) is 2. The molecule has 2 aromatic carbocycles. The minimum atomic E-state index is 0.00807. The highest BCUT2D eigenvalue weighted by Crippen LogP contribution is 2.41. The summed E-state index contributed by atoms with van der Waals surface area (Å²) < 4.78 is 0. The molecule has 0 amide bonds. The zero-order valence-electron chi connectivity index (χ0n) is 22.5. The molecule has 0 saturated heterocycles. The second-order valence-electron chi connectivity index (χ2n) is 13.0. The van der Waals surface area contributed by atoms with Crippen LogP contribution in [0.15, 0.2) is 46.4 Å². The van der Waals surface area contributed by atoms with Gasteiger partial charge in [0.2, 0.25) is 0 Å². The normalized spacial score (nSPS) is 14.0. The van der Waals surface area contributed by atoms with Crippen molar-refractivity contribution in [2.75, 3.05) is 0 Å². The van der Waals surface area contributed by atoms with Gasteiger partial charge in [0, 0.05) is 12.4 Å². The molecule has 2 heteroatoms. The second kappa shape index (κ2) is 8.96. The van der Waals surface area contributed by atoms with Crippen molar-refractivity contribution in [3.8, 4) is 0 Å². The summed E-state index contributed by atoms with van der Waals surface area (Å²) in [6.45, 7) is 27.2. The molecule has 0 aliphatic heterocycles. The first kappa shape index (κ1) is 26.0. The number of hydrogen-bond donors (Lipinski definition) is 0. The van der Waals surface area contributed by atoms with E-state index in [2.05, 4.69) is 119 Å². The first-order chi connectivity index (χ1) is 14.4. The van der Waals surface area contributed by atoms with Crippen LogP contribution in [-0.2, 0) is 21.7 Å². The first-order valence-electron chi connectivity index (χ1n) is 11.8. The quantitative estimate of drug-likeness (QED) is 0.432. The van der Waals surface area contributed by atoms with E-state index in [4.69, 9.17) is 9.98 Å². The maximum Gasteiger partial charge on any atom is 0.0670 e. The molecule has 0 aromatic heterocycles. The lowest BCUT2D eigenvalue weighted by molar-refractivity contribution is 0.531. The van der Waals surface area contributed by atoms with Gasteiger partial charge in [-0.3, -0.25) is 9.98 Å². The molecule has 0 saturated carbocycles. The van der Waals surface area contributed by atoms with E-state index in [-0.39, 0.29) is 21.7 Å². The Hall–Kier alpha value is -2.22. The highest BCUT2D eigenvalue weighted by Gasteiger charge is 2.28. The number of rotatable bonds is 3. The van der Waals surface area contributed by atoms with Crippen molar-refractivity contribution in [2.45, 2.75) is 105 Å². The van der Waals surface area contributed by atoms with E-state index in [0.29, 0.717) is 0 Å². The van der Waals surface area contributed by atoms with E-state index < -0.39 is 0 Å². The van der Waals surface area contributed by atoms with Gasteiger partial charge in [0.05, 0.1) is 11.4 Å². The number of benzene rings is 2. The van der Waals surface area contributed by atoms with Crippen LogP contribution in [0.2, 0.25) is 0 Å². The van der Waals surface area contributed by atoms with Crippen molar-refractivity contribution < 1.29 is 0 Å². The fraction of sp³-hybridized carbons (Fsp3) is 0.533. The van der Waals surface area contributed by atoms with Crippen LogP contribution in [0.3, 0.4) is 0 Å². The molecule has 0 aliphatic rings. The van der Waals surface area contributed by atoms with Gasteiger partial charge in [0.1, 0.15) is 0 Å². The third-order valence-electron chi connectivity index (χ3n) is 5.69. The topological polar surface area (TPSA) is 24.7 Å². The van der Waals surface area contributed by atoms with Crippen LogP contribution in [0.1, 0.15) is 105 Å². The molecule has 2 rings (SSSR count). The van der Waals surface area contributed by atoms with Crippen molar-refractivity contribution in [1.82, 2.24) is 0 Å². The zero-order valence-corrected chi connectivity index (χ0v) is 22.5. The molecule has 0 unspecified atom stereocenters. The number of hydrogen-bond acceptors (Lipinski definition) is 2. The van der Waals surface area contributed by atoms with Crippen LogP contribution in [0.5, 0.6) is 0 Å². The van der Waals surface area contributed by atoms with Gasteiger partial charge >= 0.3 is 0 Å². The SMILES string of the molecule is CC(C)(C)c1cccc(N=CC=Nc2cccc(C(C)(C)C)c2C(C)(C)C)c1C(C)(C)C. The van der Waals surface area contributed by atoms with Crippen molar-refractivity contribution >= 4 is 23.8 Å². The highest BCUT2D eigenvalue weighted by molar-refractivity contribution is 6.17. The van der Waals surface area contributed by atoms with E-state index in [1.807, 2.05) is 12.4 Å². The average Bonchev–Trinajstić information content (AvgIpc) is 2.61. The smallest absolute Gasteiger partial charge is 0.0670 e. The summed E-state index contributed by atoms with van der Waals surface area (Å²) in [4.78, 5) is 9.70. The Balaban J connectivity index is 2.51. The Morgan fingerprint density at radius 1 is 0.469 bits per heavy atom.